The summed E-state index contributed by atoms with van der Waals surface area (Å²) in [6, 6.07) is 5.09. The number of aromatic nitrogens is 2. The van der Waals surface area contributed by atoms with E-state index in [1.165, 1.54) is 0 Å². The highest BCUT2D eigenvalue weighted by Gasteiger charge is 2.14. The molecule has 0 saturated heterocycles. The lowest BCUT2D eigenvalue weighted by Gasteiger charge is -2.10. The van der Waals surface area contributed by atoms with Gasteiger partial charge in [-0.2, -0.15) is 0 Å². The minimum Gasteiger partial charge on any atom is -0.306 e. The predicted octanol–water partition coefficient (Wildman–Crippen LogP) is 4.18. The molecular weight excluding hydrogens is 283 g/mol. The van der Waals surface area contributed by atoms with Gasteiger partial charge in [0.05, 0.1) is 5.02 Å². The van der Waals surface area contributed by atoms with Crippen molar-refractivity contribution >= 4 is 23.2 Å². The molecule has 0 atom stereocenters. The molecule has 0 fully saturated rings. The van der Waals surface area contributed by atoms with E-state index in [9.17, 15) is 4.79 Å². The van der Waals surface area contributed by atoms with Gasteiger partial charge in [-0.1, -0.05) is 37.0 Å². The van der Waals surface area contributed by atoms with Crippen LogP contribution in [-0.4, -0.2) is 9.97 Å². The Morgan fingerprint density at radius 3 is 2.47 bits per heavy atom. The van der Waals surface area contributed by atoms with Crippen LogP contribution < -0.4 is 5.56 Å². The number of hydrogen-bond donors (Lipinski definition) is 1. The normalized spacial score (nSPS) is 11.1. The molecule has 19 heavy (non-hydrogen) atoms. The first-order valence-corrected chi connectivity index (χ1v) is 6.72. The Morgan fingerprint density at radius 2 is 1.95 bits per heavy atom. The van der Waals surface area contributed by atoms with E-state index >= 15 is 0 Å². The zero-order valence-corrected chi connectivity index (χ0v) is 12.4. The molecule has 1 N–H and O–H groups in total. The van der Waals surface area contributed by atoms with Crippen LogP contribution in [0.2, 0.25) is 10.0 Å². The lowest BCUT2D eigenvalue weighted by atomic mass is 10.0. The maximum Gasteiger partial charge on any atom is 0.254 e. The van der Waals surface area contributed by atoms with E-state index in [1.54, 1.807) is 18.2 Å². The molecule has 2 rings (SSSR count). The Labute approximate surface area is 121 Å². The fraction of sp³-hybridized carbons (Fsp3) is 0.286. The van der Waals surface area contributed by atoms with E-state index < -0.39 is 0 Å². The second-order valence-corrected chi connectivity index (χ2v) is 5.54. The quantitative estimate of drug-likeness (QED) is 0.904. The lowest BCUT2D eigenvalue weighted by Crippen LogP contribution is -2.18. The molecule has 3 nitrogen and oxygen atoms in total. The molecule has 0 radical (unpaired) electrons. The third kappa shape index (κ3) is 2.82. The van der Waals surface area contributed by atoms with E-state index in [0.29, 0.717) is 27.0 Å². The van der Waals surface area contributed by atoms with E-state index in [4.69, 9.17) is 23.2 Å². The molecule has 0 saturated carbocycles. The molecule has 100 valence electrons. The maximum atomic E-state index is 12.1. The van der Waals surface area contributed by atoms with Gasteiger partial charge in [-0.15, -0.1) is 0 Å². The third-order valence-corrected chi connectivity index (χ3v) is 3.46. The maximum absolute atomic E-state index is 12.1. The number of halogens is 2. The number of H-pyrrole nitrogens is 1. The van der Waals surface area contributed by atoms with Crippen molar-refractivity contribution in [3.8, 4) is 11.4 Å². The van der Waals surface area contributed by atoms with Gasteiger partial charge in [0.15, 0.2) is 0 Å². The van der Waals surface area contributed by atoms with E-state index in [0.717, 1.165) is 5.69 Å². The molecule has 0 amide bonds. The van der Waals surface area contributed by atoms with Gasteiger partial charge in [-0.05, 0) is 31.0 Å². The number of nitrogens with one attached hydrogen (secondary N) is 1. The molecule has 0 unspecified atom stereocenters. The summed E-state index contributed by atoms with van der Waals surface area (Å²) in [6.45, 7) is 5.76. The van der Waals surface area contributed by atoms with Crippen LogP contribution in [-0.2, 0) is 0 Å². The monoisotopic (exact) mass is 296 g/mol. The summed E-state index contributed by atoms with van der Waals surface area (Å²) in [6.07, 6.45) is 0. The fourth-order valence-electron chi connectivity index (χ4n) is 2.08. The number of aryl methyl sites for hydroxylation is 1. The Bertz CT molecular complexity index is 678. The molecule has 0 aliphatic heterocycles. The summed E-state index contributed by atoms with van der Waals surface area (Å²) in [5, 5.41) is 1.01. The van der Waals surface area contributed by atoms with Crippen molar-refractivity contribution in [2.24, 2.45) is 0 Å². The molecule has 0 spiro atoms. The highest BCUT2D eigenvalue weighted by molar-refractivity contribution is 6.36. The van der Waals surface area contributed by atoms with Crippen LogP contribution in [0.1, 0.15) is 31.0 Å². The van der Waals surface area contributed by atoms with Crippen molar-refractivity contribution in [3.05, 3.63) is 49.9 Å². The van der Waals surface area contributed by atoms with Crippen LogP contribution in [0.3, 0.4) is 0 Å². The molecule has 1 heterocycles. The summed E-state index contributed by atoms with van der Waals surface area (Å²) in [4.78, 5) is 19.3. The van der Waals surface area contributed by atoms with Crippen LogP contribution in [0.15, 0.2) is 23.0 Å². The van der Waals surface area contributed by atoms with Crippen LogP contribution >= 0.6 is 23.2 Å². The lowest BCUT2D eigenvalue weighted by molar-refractivity contribution is 0.815. The SMILES string of the molecule is Cc1nc(-c2ccc(Cl)cc2Cl)[nH]c(=O)c1C(C)C. The Hall–Kier alpha value is -1.32. The van der Waals surface area contributed by atoms with Crippen molar-refractivity contribution in [2.75, 3.05) is 0 Å². The molecular formula is C14H14Cl2N2O. The standard InChI is InChI=1S/C14H14Cl2N2O/c1-7(2)12-8(3)17-13(18-14(12)19)10-5-4-9(15)6-11(10)16/h4-7H,1-3H3,(H,17,18,19). The van der Waals surface area contributed by atoms with Crippen LogP contribution in [0.25, 0.3) is 11.4 Å². The molecule has 0 aliphatic rings. The van der Waals surface area contributed by atoms with Crippen molar-refractivity contribution in [1.29, 1.82) is 0 Å². The summed E-state index contributed by atoms with van der Waals surface area (Å²) in [5.41, 5.74) is 1.97. The molecule has 1 aromatic heterocycles. The Balaban J connectivity index is 2.62. The summed E-state index contributed by atoms with van der Waals surface area (Å²) in [5.74, 6) is 0.597. The topological polar surface area (TPSA) is 45.8 Å². The second-order valence-electron chi connectivity index (χ2n) is 4.69. The van der Waals surface area contributed by atoms with E-state index in [2.05, 4.69) is 9.97 Å². The van der Waals surface area contributed by atoms with E-state index in [-0.39, 0.29) is 11.5 Å². The largest absolute Gasteiger partial charge is 0.306 e. The van der Waals surface area contributed by atoms with Crippen LogP contribution in [0.5, 0.6) is 0 Å². The number of aromatic amines is 1. The minimum absolute atomic E-state index is 0.122. The number of nitrogens with zero attached hydrogens (tertiary/aromatic N) is 1. The predicted molar refractivity (Wildman–Crippen MR) is 79.1 cm³/mol. The van der Waals surface area contributed by atoms with Crippen LogP contribution in [0.4, 0.5) is 0 Å². The highest BCUT2D eigenvalue weighted by atomic mass is 35.5. The summed E-state index contributed by atoms with van der Waals surface area (Å²) >= 11 is 12.0. The fourth-order valence-corrected chi connectivity index (χ4v) is 2.58. The van der Waals surface area contributed by atoms with Gasteiger partial charge >= 0.3 is 0 Å². The van der Waals surface area contributed by atoms with Crippen LogP contribution in [0, 0.1) is 6.92 Å². The molecule has 1 aromatic carbocycles. The first kappa shape index (κ1) is 14.1. The van der Waals surface area contributed by atoms with Crippen molar-refractivity contribution in [2.45, 2.75) is 26.7 Å². The van der Waals surface area contributed by atoms with Gasteiger partial charge in [-0.25, -0.2) is 4.98 Å². The molecule has 2 aromatic rings. The first-order chi connectivity index (χ1) is 8.90. The van der Waals surface area contributed by atoms with Gasteiger partial charge in [0.1, 0.15) is 5.82 Å². The molecule has 0 bridgehead atoms. The molecule has 5 heteroatoms. The van der Waals surface area contributed by atoms with Crippen molar-refractivity contribution in [1.82, 2.24) is 9.97 Å². The summed E-state index contributed by atoms with van der Waals surface area (Å²) < 4.78 is 0. The minimum atomic E-state index is -0.122. The number of rotatable bonds is 2. The Morgan fingerprint density at radius 1 is 1.26 bits per heavy atom. The molecule has 0 aliphatic carbocycles. The van der Waals surface area contributed by atoms with Crippen molar-refractivity contribution < 1.29 is 0 Å². The van der Waals surface area contributed by atoms with Gasteiger partial charge in [0.25, 0.3) is 5.56 Å². The Kier molecular flexibility index (Phi) is 3.97. The summed E-state index contributed by atoms with van der Waals surface area (Å²) in [7, 11) is 0. The number of benzene rings is 1. The zero-order chi connectivity index (χ0) is 14.2. The average molecular weight is 297 g/mol. The van der Waals surface area contributed by atoms with Gasteiger partial charge in [0, 0.05) is 21.8 Å². The first-order valence-electron chi connectivity index (χ1n) is 5.96. The van der Waals surface area contributed by atoms with Crippen molar-refractivity contribution in [3.63, 3.8) is 0 Å². The second kappa shape index (κ2) is 5.35. The smallest absolute Gasteiger partial charge is 0.254 e. The number of hydrogen-bond acceptors (Lipinski definition) is 2. The third-order valence-electron chi connectivity index (χ3n) is 2.91. The average Bonchev–Trinajstić information content (AvgIpc) is 2.26. The van der Waals surface area contributed by atoms with E-state index in [1.807, 2.05) is 20.8 Å². The van der Waals surface area contributed by atoms with Gasteiger partial charge in [0.2, 0.25) is 0 Å². The van der Waals surface area contributed by atoms with Gasteiger partial charge < -0.3 is 4.98 Å². The van der Waals surface area contributed by atoms with Gasteiger partial charge in [-0.3, -0.25) is 4.79 Å². The zero-order valence-electron chi connectivity index (χ0n) is 10.9. The highest BCUT2D eigenvalue weighted by Crippen LogP contribution is 2.28.